The van der Waals surface area contributed by atoms with Crippen molar-refractivity contribution in [1.29, 1.82) is 0 Å². The van der Waals surface area contributed by atoms with E-state index in [4.69, 9.17) is 21.7 Å². The third-order valence-corrected chi connectivity index (χ3v) is 3.40. The van der Waals surface area contributed by atoms with Gasteiger partial charge in [-0.05, 0) is 43.3 Å². The van der Waals surface area contributed by atoms with Crippen LogP contribution in [0.4, 0.5) is 0 Å². The zero-order chi connectivity index (χ0) is 16.4. The third kappa shape index (κ3) is 5.52. The maximum atomic E-state index is 5.32. The molecule has 0 aliphatic heterocycles. The molecule has 0 atom stereocenters. The van der Waals surface area contributed by atoms with Gasteiger partial charge in [0.25, 0.3) is 0 Å². The Balaban J connectivity index is 2.78. The molecule has 122 valence electrons. The van der Waals surface area contributed by atoms with E-state index < -0.39 is 0 Å². The highest BCUT2D eigenvalue weighted by Crippen LogP contribution is 2.28. The number of rotatable bonds is 8. The lowest BCUT2D eigenvalue weighted by atomic mass is 10.1. The summed E-state index contributed by atoms with van der Waals surface area (Å²) in [5.74, 6) is 1.39. The molecule has 1 aromatic rings. The number of benzene rings is 1. The number of hydrogen-bond acceptors (Lipinski definition) is 4. The minimum atomic E-state index is 0.542. The van der Waals surface area contributed by atoms with Gasteiger partial charge in [0.1, 0.15) is 0 Å². The Labute approximate surface area is 138 Å². The summed E-state index contributed by atoms with van der Waals surface area (Å²) in [6, 6.07) is 5.74. The van der Waals surface area contributed by atoms with Gasteiger partial charge in [-0.15, -0.1) is 0 Å². The molecule has 0 saturated carbocycles. The van der Waals surface area contributed by atoms with Gasteiger partial charge in [-0.2, -0.15) is 5.10 Å². The van der Waals surface area contributed by atoms with E-state index in [9.17, 15) is 0 Å². The summed E-state index contributed by atoms with van der Waals surface area (Å²) in [5.41, 5.74) is 4.77. The fourth-order valence-corrected chi connectivity index (χ4v) is 2.05. The number of ether oxygens (including phenoxy) is 2. The second-order valence-corrected chi connectivity index (χ2v) is 5.11. The predicted molar refractivity (Wildman–Crippen MR) is 95.0 cm³/mol. The van der Waals surface area contributed by atoms with Crippen molar-refractivity contribution in [2.24, 2.45) is 5.10 Å². The van der Waals surface area contributed by atoms with Crippen molar-refractivity contribution >= 4 is 23.0 Å². The molecule has 22 heavy (non-hydrogen) atoms. The molecule has 0 amide bonds. The molecular formula is C16H25N3O2S. The quantitative estimate of drug-likeness (QED) is 0.333. The molecule has 0 radical (unpaired) electrons. The molecule has 0 aromatic heterocycles. The van der Waals surface area contributed by atoms with Crippen LogP contribution in [-0.4, -0.2) is 31.6 Å². The Kier molecular flexibility index (Phi) is 8.28. The van der Waals surface area contributed by atoms with Gasteiger partial charge in [-0.3, -0.25) is 5.43 Å². The largest absolute Gasteiger partial charge is 0.493 e. The van der Waals surface area contributed by atoms with E-state index in [1.807, 2.05) is 25.1 Å². The average molecular weight is 323 g/mol. The Morgan fingerprint density at radius 3 is 2.50 bits per heavy atom. The highest BCUT2D eigenvalue weighted by atomic mass is 32.1. The van der Waals surface area contributed by atoms with Crippen LogP contribution in [0.2, 0.25) is 0 Å². The number of nitrogens with zero attached hydrogens (tertiary/aromatic N) is 1. The van der Waals surface area contributed by atoms with Crippen LogP contribution in [0, 0.1) is 0 Å². The zero-order valence-electron chi connectivity index (χ0n) is 13.7. The van der Waals surface area contributed by atoms with Crippen LogP contribution in [0.5, 0.6) is 11.5 Å². The Morgan fingerprint density at radius 1 is 1.18 bits per heavy atom. The van der Waals surface area contributed by atoms with E-state index >= 15 is 0 Å². The number of hydrogen-bond donors (Lipinski definition) is 2. The van der Waals surface area contributed by atoms with Crippen LogP contribution in [0.3, 0.4) is 0 Å². The van der Waals surface area contributed by atoms with Gasteiger partial charge >= 0.3 is 0 Å². The number of nitrogens with one attached hydrogen (secondary N) is 2. The van der Waals surface area contributed by atoms with Gasteiger partial charge in [0.15, 0.2) is 16.6 Å². The van der Waals surface area contributed by atoms with Crippen LogP contribution in [0.15, 0.2) is 23.3 Å². The van der Waals surface area contributed by atoms with E-state index in [2.05, 4.69) is 22.8 Å². The minimum Gasteiger partial charge on any atom is -0.493 e. The molecule has 5 nitrogen and oxygen atoms in total. The van der Waals surface area contributed by atoms with Gasteiger partial charge < -0.3 is 14.8 Å². The van der Waals surface area contributed by atoms with Crippen LogP contribution < -0.4 is 20.2 Å². The first-order valence-electron chi connectivity index (χ1n) is 7.49. The Hall–Kier alpha value is -1.82. The van der Waals surface area contributed by atoms with Gasteiger partial charge in [0, 0.05) is 12.1 Å². The standard InChI is InChI=1S/C16H25N3O2S/c1-5-7-10-17-16(22)19-18-13(6-2)12-8-9-14(20-3)15(11-12)21-4/h8-9,11H,5-7,10H2,1-4H3,(H2,17,19,22)/b18-13+. The molecule has 2 N–H and O–H groups in total. The van der Waals surface area contributed by atoms with Crippen molar-refractivity contribution in [2.45, 2.75) is 33.1 Å². The van der Waals surface area contributed by atoms with Gasteiger partial charge in [-0.25, -0.2) is 0 Å². The molecule has 0 aliphatic carbocycles. The molecule has 0 unspecified atom stereocenters. The first-order chi connectivity index (χ1) is 10.7. The maximum absolute atomic E-state index is 5.32. The monoisotopic (exact) mass is 323 g/mol. The van der Waals surface area contributed by atoms with Crippen LogP contribution in [-0.2, 0) is 0 Å². The number of methoxy groups -OCH3 is 2. The molecule has 0 spiro atoms. The lowest BCUT2D eigenvalue weighted by Gasteiger charge is -2.11. The fraction of sp³-hybridized carbons (Fsp3) is 0.500. The summed E-state index contributed by atoms with van der Waals surface area (Å²) in [6.45, 7) is 5.04. The first kappa shape index (κ1) is 18.2. The summed E-state index contributed by atoms with van der Waals surface area (Å²) in [5, 5.41) is 8.05. The molecule has 0 fully saturated rings. The summed E-state index contributed by atoms with van der Waals surface area (Å²) in [4.78, 5) is 0. The molecule has 6 heteroatoms. The van der Waals surface area contributed by atoms with Crippen LogP contribution in [0.25, 0.3) is 0 Å². The molecule has 0 saturated heterocycles. The first-order valence-corrected chi connectivity index (χ1v) is 7.89. The van der Waals surface area contributed by atoms with E-state index in [-0.39, 0.29) is 0 Å². The van der Waals surface area contributed by atoms with E-state index in [0.717, 1.165) is 37.1 Å². The SMILES string of the molecule is CCCCNC(=S)N/N=C(\CC)c1ccc(OC)c(OC)c1. The number of unbranched alkanes of at least 4 members (excludes halogenated alkanes) is 1. The fourth-order valence-electron chi connectivity index (χ4n) is 1.90. The Morgan fingerprint density at radius 2 is 1.91 bits per heavy atom. The van der Waals surface area contributed by atoms with Gasteiger partial charge in [-0.1, -0.05) is 20.3 Å². The van der Waals surface area contributed by atoms with E-state index in [1.165, 1.54) is 0 Å². The van der Waals surface area contributed by atoms with Gasteiger partial charge in [0.2, 0.25) is 0 Å². The lowest BCUT2D eigenvalue weighted by molar-refractivity contribution is 0.355. The lowest BCUT2D eigenvalue weighted by Crippen LogP contribution is -2.33. The molecule has 0 heterocycles. The van der Waals surface area contributed by atoms with Crippen molar-refractivity contribution in [3.05, 3.63) is 23.8 Å². The van der Waals surface area contributed by atoms with Crippen LogP contribution in [0.1, 0.15) is 38.7 Å². The van der Waals surface area contributed by atoms with Crippen molar-refractivity contribution in [3.8, 4) is 11.5 Å². The van der Waals surface area contributed by atoms with E-state index in [0.29, 0.717) is 16.6 Å². The van der Waals surface area contributed by atoms with Crippen molar-refractivity contribution in [1.82, 2.24) is 10.7 Å². The highest BCUT2D eigenvalue weighted by molar-refractivity contribution is 7.80. The normalized spacial score (nSPS) is 11.0. The summed E-state index contributed by atoms with van der Waals surface area (Å²) < 4.78 is 10.6. The second-order valence-electron chi connectivity index (χ2n) is 4.70. The van der Waals surface area contributed by atoms with E-state index in [1.54, 1.807) is 14.2 Å². The van der Waals surface area contributed by atoms with Crippen LogP contribution >= 0.6 is 12.2 Å². The highest BCUT2D eigenvalue weighted by Gasteiger charge is 2.08. The number of hydrazone groups is 1. The maximum Gasteiger partial charge on any atom is 0.186 e. The summed E-state index contributed by atoms with van der Waals surface area (Å²) in [6.07, 6.45) is 2.99. The summed E-state index contributed by atoms with van der Waals surface area (Å²) >= 11 is 5.20. The van der Waals surface area contributed by atoms with Crippen molar-refractivity contribution < 1.29 is 9.47 Å². The molecule has 1 rings (SSSR count). The molecule has 0 bridgehead atoms. The smallest absolute Gasteiger partial charge is 0.186 e. The van der Waals surface area contributed by atoms with Crippen molar-refractivity contribution in [3.63, 3.8) is 0 Å². The zero-order valence-corrected chi connectivity index (χ0v) is 14.5. The van der Waals surface area contributed by atoms with Crippen molar-refractivity contribution in [2.75, 3.05) is 20.8 Å². The average Bonchev–Trinajstić information content (AvgIpc) is 2.55. The third-order valence-electron chi connectivity index (χ3n) is 3.16. The number of thiocarbonyl (C=S) groups is 1. The van der Waals surface area contributed by atoms with Gasteiger partial charge in [0.05, 0.1) is 19.9 Å². The second kappa shape index (κ2) is 10.00. The topological polar surface area (TPSA) is 54.9 Å². The Bertz CT molecular complexity index is 518. The molecule has 1 aromatic carbocycles. The molecular weight excluding hydrogens is 298 g/mol. The minimum absolute atomic E-state index is 0.542. The predicted octanol–water partition coefficient (Wildman–Crippen LogP) is 3.08. The molecule has 0 aliphatic rings. The summed E-state index contributed by atoms with van der Waals surface area (Å²) in [7, 11) is 3.24.